The van der Waals surface area contributed by atoms with Gasteiger partial charge in [-0.1, -0.05) is 16.1 Å². The number of carboxylic acids is 1. The van der Waals surface area contributed by atoms with Crippen molar-refractivity contribution in [3.63, 3.8) is 0 Å². The summed E-state index contributed by atoms with van der Waals surface area (Å²) in [6.45, 7) is 0.186. The first kappa shape index (κ1) is 11.3. The van der Waals surface area contributed by atoms with Gasteiger partial charge in [0.1, 0.15) is 27.3 Å². The molecule has 2 aromatic heterocycles. The lowest BCUT2D eigenvalue weighted by molar-refractivity contribution is 0.0702. The highest BCUT2D eigenvalue weighted by Gasteiger charge is 2.09. The van der Waals surface area contributed by atoms with Crippen molar-refractivity contribution in [2.75, 3.05) is 0 Å². The summed E-state index contributed by atoms with van der Waals surface area (Å²) < 4.78 is 9.46. The largest absolute Gasteiger partial charge is 0.486 e. The number of rotatable bonds is 4. The molecule has 0 amide bonds. The van der Waals surface area contributed by atoms with E-state index in [1.54, 1.807) is 5.38 Å². The molecule has 0 unspecified atom stereocenters. The van der Waals surface area contributed by atoms with Gasteiger partial charge in [-0.05, 0) is 0 Å². The Kier molecular flexibility index (Phi) is 3.37. The predicted octanol–water partition coefficient (Wildman–Crippen LogP) is 2.53. The molecule has 0 aliphatic heterocycles. The average Bonchev–Trinajstić information content (AvgIpc) is 2.83. The van der Waals surface area contributed by atoms with Gasteiger partial charge in [-0.3, -0.25) is 0 Å². The van der Waals surface area contributed by atoms with Crippen LogP contribution in [0.5, 0.6) is 5.75 Å². The van der Waals surface area contributed by atoms with Crippen LogP contribution in [0.15, 0.2) is 11.4 Å². The minimum Gasteiger partial charge on any atom is -0.486 e. The lowest BCUT2D eigenvalue weighted by atomic mass is 10.4. The predicted molar refractivity (Wildman–Crippen MR) is 60.5 cm³/mol. The monoisotopic (exact) mass is 276 g/mol. The van der Waals surface area contributed by atoms with Crippen molar-refractivity contribution >= 4 is 40.4 Å². The van der Waals surface area contributed by atoms with E-state index in [0.717, 1.165) is 22.9 Å². The number of thiophene rings is 1. The number of halogens is 1. The third kappa shape index (κ3) is 2.49. The normalized spacial score (nSPS) is 10.3. The number of hydrogen-bond donors (Lipinski definition) is 1. The Labute approximate surface area is 103 Å². The molecule has 0 saturated heterocycles. The third-order valence-electron chi connectivity index (χ3n) is 1.67. The van der Waals surface area contributed by atoms with Crippen molar-refractivity contribution in [3.05, 3.63) is 26.4 Å². The Morgan fingerprint density at radius 2 is 2.44 bits per heavy atom. The van der Waals surface area contributed by atoms with Crippen LogP contribution in [-0.2, 0) is 6.61 Å². The highest BCUT2D eigenvalue weighted by molar-refractivity contribution is 7.12. The maximum absolute atomic E-state index is 10.6. The van der Waals surface area contributed by atoms with E-state index in [-0.39, 0.29) is 11.5 Å². The van der Waals surface area contributed by atoms with E-state index in [1.807, 2.05) is 0 Å². The van der Waals surface area contributed by atoms with Crippen LogP contribution in [0.3, 0.4) is 0 Å². The summed E-state index contributed by atoms with van der Waals surface area (Å²) in [5.74, 6) is -0.473. The van der Waals surface area contributed by atoms with Crippen LogP contribution in [0, 0.1) is 0 Å². The number of nitrogens with zero attached hydrogens (tertiary/aromatic N) is 2. The lowest BCUT2D eigenvalue weighted by Gasteiger charge is -1.99. The minimum atomic E-state index is -0.965. The maximum atomic E-state index is 10.6. The van der Waals surface area contributed by atoms with Crippen molar-refractivity contribution in [2.45, 2.75) is 6.61 Å². The number of ether oxygens (including phenoxy) is 1. The summed E-state index contributed by atoms with van der Waals surface area (Å²) in [6.07, 6.45) is 0. The van der Waals surface area contributed by atoms with Crippen molar-refractivity contribution in [2.24, 2.45) is 0 Å². The molecule has 0 radical (unpaired) electrons. The molecular weight excluding hydrogens is 272 g/mol. The van der Waals surface area contributed by atoms with Crippen molar-refractivity contribution in [1.29, 1.82) is 0 Å². The van der Waals surface area contributed by atoms with Crippen LogP contribution in [0.1, 0.15) is 15.4 Å². The van der Waals surface area contributed by atoms with Crippen molar-refractivity contribution in [3.8, 4) is 5.75 Å². The third-order valence-corrected chi connectivity index (χ3v) is 3.55. The standard InChI is InChI=1S/C8H5ClN2O3S2/c9-7-5(10-11-16-7)2-14-4-1-6(8(12)13)15-3-4/h1,3H,2H2,(H,12,13). The summed E-state index contributed by atoms with van der Waals surface area (Å²) in [7, 11) is 0. The van der Waals surface area contributed by atoms with Gasteiger partial charge in [0.05, 0.1) is 0 Å². The van der Waals surface area contributed by atoms with E-state index in [9.17, 15) is 4.79 Å². The minimum absolute atomic E-state index is 0.186. The molecule has 0 atom stereocenters. The van der Waals surface area contributed by atoms with Gasteiger partial charge in [-0.2, -0.15) is 0 Å². The van der Waals surface area contributed by atoms with E-state index >= 15 is 0 Å². The molecule has 2 heterocycles. The van der Waals surface area contributed by atoms with Gasteiger partial charge in [0, 0.05) is 23.0 Å². The van der Waals surface area contributed by atoms with E-state index in [1.165, 1.54) is 6.07 Å². The van der Waals surface area contributed by atoms with E-state index < -0.39 is 5.97 Å². The molecule has 84 valence electrons. The van der Waals surface area contributed by atoms with Gasteiger partial charge in [0.25, 0.3) is 0 Å². The lowest BCUT2D eigenvalue weighted by Crippen LogP contribution is -1.96. The average molecular weight is 277 g/mol. The van der Waals surface area contributed by atoms with Crippen LogP contribution < -0.4 is 4.74 Å². The second-order valence-electron chi connectivity index (χ2n) is 2.73. The summed E-state index contributed by atoms with van der Waals surface area (Å²) in [4.78, 5) is 10.8. The van der Waals surface area contributed by atoms with Gasteiger partial charge in [-0.15, -0.1) is 16.4 Å². The molecule has 1 N–H and O–H groups in total. The molecule has 0 aliphatic carbocycles. The molecule has 2 aromatic rings. The molecule has 5 nitrogen and oxygen atoms in total. The molecule has 0 aromatic carbocycles. The fourth-order valence-electron chi connectivity index (χ4n) is 0.941. The summed E-state index contributed by atoms with van der Waals surface area (Å²) in [6, 6.07) is 1.46. The molecule has 8 heteroatoms. The Balaban J connectivity index is 2.00. The molecule has 0 fully saturated rings. The van der Waals surface area contributed by atoms with E-state index in [4.69, 9.17) is 21.4 Å². The van der Waals surface area contributed by atoms with E-state index in [0.29, 0.717) is 15.8 Å². The van der Waals surface area contributed by atoms with Crippen LogP contribution in [0.2, 0.25) is 4.34 Å². The van der Waals surface area contributed by atoms with Gasteiger partial charge < -0.3 is 9.84 Å². The summed E-state index contributed by atoms with van der Waals surface area (Å²) >= 11 is 7.97. The van der Waals surface area contributed by atoms with Gasteiger partial charge in [0.2, 0.25) is 0 Å². The Morgan fingerprint density at radius 1 is 1.62 bits per heavy atom. The molecule has 16 heavy (non-hydrogen) atoms. The summed E-state index contributed by atoms with van der Waals surface area (Å²) in [5.41, 5.74) is 0.551. The van der Waals surface area contributed by atoms with Crippen LogP contribution in [0.25, 0.3) is 0 Å². The Bertz CT molecular complexity index is 511. The molecule has 0 bridgehead atoms. The second-order valence-corrected chi connectivity index (χ2v) is 5.00. The molecule has 0 saturated carbocycles. The summed E-state index contributed by atoms with van der Waals surface area (Å²) in [5, 5.41) is 14.1. The topological polar surface area (TPSA) is 72.3 Å². The van der Waals surface area contributed by atoms with Crippen LogP contribution >= 0.6 is 34.5 Å². The zero-order valence-electron chi connectivity index (χ0n) is 7.71. The SMILES string of the molecule is O=C(O)c1cc(OCc2nnsc2Cl)cs1. The number of aromatic carboxylic acids is 1. The molecule has 0 spiro atoms. The van der Waals surface area contributed by atoms with Gasteiger partial charge in [-0.25, -0.2) is 4.79 Å². The number of hydrogen-bond acceptors (Lipinski definition) is 6. The number of carbonyl (C=O) groups is 1. The van der Waals surface area contributed by atoms with Crippen molar-refractivity contribution < 1.29 is 14.6 Å². The highest BCUT2D eigenvalue weighted by atomic mass is 35.5. The molecular formula is C8H5ClN2O3S2. The van der Waals surface area contributed by atoms with Crippen LogP contribution in [0.4, 0.5) is 0 Å². The zero-order chi connectivity index (χ0) is 11.5. The van der Waals surface area contributed by atoms with Crippen LogP contribution in [-0.4, -0.2) is 20.7 Å². The highest BCUT2D eigenvalue weighted by Crippen LogP contribution is 2.24. The first-order chi connectivity index (χ1) is 7.66. The zero-order valence-corrected chi connectivity index (χ0v) is 10.1. The fourth-order valence-corrected chi connectivity index (χ4v) is 2.21. The first-order valence-corrected chi connectivity index (χ1v) is 6.11. The fraction of sp³-hybridized carbons (Fsp3) is 0.125. The molecule has 2 rings (SSSR count). The maximum Gasteiger partial charge on any atom is 0.346 e. The smallest absolute Gasteiger partial charge is 0.346 e. The number of carboxylic acid groups (broad SMARTS) is 1. The van der Waals surface area contributed by atoms with E-state index in [2.05, 4.69) is 9.59 Å². The molecule has 0 aliphatic rings. The number of aromatic nitrogens is 2. The second kappa shape index (κ2) is 4.77. The Hall–Kier alpha value is -1.18. The Morgan fingerprint density at radius 3 is 3.00 bits per heavy atom. The quantitative estimate of drug-likeness (QED) is 0.929. The van der Waals surface area contributed by atoms with Gasteiger partial charge in [0.15, 0.2) is 0 Å². The van der Waals surface area contributed by atoms with Gasteiger partial charge >= 0.3 is 5.97 Å². The van der Waals surface area contributed by atoms with Crippen molar-refractivity contribution in [1.82, 2.24) is 9.59 Å². The first-order valence-electron chi connectivity index (χ1n) is 4.08.